The summed E-state index contributed by atoms with van der Waals surface area (Å²) in [6, 6.07) is 3.17. The number of hydrogen-bond acceptors (Lipinski definition) is 3. The van der Waals surface area contributed by atoms with Crippen LogP contribution in [0.4, 0.5) is 0 Å². The Morgan fingerprint density at radius 2 is 2.00 bits per heavy atom. The third-order valence-electron chi connectivity index (χ3n) is 2.75. The van der Waals surface area contributed by atoms with Crippen molar-refractivity contribution in [3.05, 3.63) is 44.5 Å². The number of carboxylic acids is 1. The highest BCUT2D eigenvalue weighted by Crippen LogP contribution is 2.39. The van der Waals surface area contributed by atoms with E-state index < -0.39 is 5.97 Å². The molecular weight excluding hydrogens is 343 g/mol. The number of carboxylic acid groups (broad SMARTS) is 1. The lowest BCUT2D eigenvalue weighted by Gasteiger charge is -2.06. The summed E-state index contributed by atoms with van der Waals surface area (Å²) in [4.78, 5) is 16.4. The van der Waals surface area contributed by atoms with Crippen LogP contribution in [0.15, 0.2) is 23.7 Å². The highest BCUT2D eigenvalue weighted by atomic mass is 35.5. The van der Waals surface area contributed by atoms with Crippen molar-refractivity contribution in [1.29, 1.82) is 0 Å². The maximum Gasteiger partial charge on any atom is 0.355 e. The van der Waals surface area contributed by atoms with Crippen molar-refractivity contribution in [2.75, 3.05) is 0 Å². The summed E-state index contributed by atoms with van der Waals surface area (Å²) in [5.41, 5.74) is 0.754. The quantitative estimate of drug-likeness (QED) is 0.682. The molecule has 20 heavy (non-hydrogen) atoms. The molecule has 2 aromatic heterocycles. The van der Waals surface area contributed by atoms with Crippen LogP contribution in [-0.2, 0) is 0 Å². The molecule has 0 radical (unpaired) electrons. The molecule has 1 aromatic carbocycles. The van der Waals surface area contributed by atoms with Crippen molar-refractivity contribution in [1.82, 2.24) is 9.38 Å². The molecule has 0 aliphatic heterocycles. The van der Waals surface area contributed by atoms with Crippen LogP contribution >= 0.6 is 46.1 Å². The van der Waals surface area contributed by atoms with E-state index >= 15 is 0 Å². The number of hydrogen-bond donors (Lipinski definition) is 1. The lowest BCUT2D eigenvalue weighted by atomic mass is 10.1. The molecule has 4 nitrogen and oxygen atoms in total. The van der Waals surface area contributed by atoms with Gasteiger partial charge in [0.15, 0.2) is 10.7 Å². The zero-order valence-electron chi connectivity index (χ0n) is 9.60. The van der Waals surface area contributed by atoms with E-state index in [1.54, 1.807) is 23.7 Å². The van der Waals surface area contributed by atoms with Gasteiger partial charge in [0.05, 0.1) is 15.1 Å². The second kappa shape index (κ2) is 4.93. The van der Waals surface area contributed by atoms with Gasteiger partial charge < -0.3 is 5.11 Å². The normalized spacial score (nSPS) is 11.2. The molecule has 0 fully saturated rings. The van der Waals surface area contributed by atoms with Crippen molar-refractivity contribution in [2.45, 2.75) is 0 Å². The van der Waals surface area contributed by atoms with Crippen molar-refractivity contribution in [3.8, 4) is 11.3 Å². The van der Waals surface area contributed by atoms with E-state index in [1.807, 2.05) is 0 Å². The van der Waals surface area contributed by atoms with Crippen LogP contribution in [0.25, 0.3) is 16.2 Å². The molecule has 0 atom stereocenters. The average Bonchev–Trinajstić information content (AvgIpc) is 2.95. The third kappa shape index (κ3) is 1.98. The third-order valence-corrected chi connectivity index (χ3v) is 4.81. The largest absolute Gasteiger partial charge is 0.476 e. The number of thiazole rings is 1. The van der Waals surface area contributed by atoms with E-state index in [9.17, 15) is 9.90 Å². The van der Waals surface area contributed by atoms with Crippen LogP contribution in [0.1, 0.15) is 10.5 Å². The average molecular weight is 348 g/mol. The zero-order chi connectivity index (χ0) is 14.4. The molecule has 0 aliphatic rings. The Bertz CT molecular complexity index is 841. The molecule has 2 heterocycles. The minimum atomic E-state index is -1.09. The predicted octanol–water partition coefficient (Wildman–Crippen LogP) is 4.72. The molecule has 0 aliphatic carbocycles. The van der Waals surface area contributed by atoms with Gasteiger partial charge in [-0.05, 0) is 12.1 Å². The predicted molar refractivity (Wildman–Crippen MR) is 80.5 cm³/mol. The van der Waals surface area contributed by atoms with Gasteiger partial charge in [0.25, 0.3) is 0 Å². The number of rotatable bonds is 2. The molecular formula is C12H5Cl3N2O2S. The first-order valence-electron chi connectivity index (χ1n) is 5.33. The fraction of sp³-hybridized carbons (Fsp3) is 0. The van der Waals surface area contributed by atoms with Gasteiger partial charge >= 0.3 is 5.97 Å². The highest BCUT2D eigenvalue weighted by molar-refractivity contribution is 7.15. The number of benzene rings is 1. The van der Waals surface area contributed by atoms with Crippen LogP contribution in [0.2, 0.25) is 15.1 Å². The zero-order valence-corrected chi connectivity index (χ0v) is 12.7. The van der Waals surface area contributed by atoms with Gasteiger partial charge in [-0.3, -0.25) is 4.40 Å². The maximum atomic E-state index is 11.5. The summed E-state index contributed by atoms with van der Waals surface area (Å²) in [7, 11) is 0. The molecule has 102 valence electrons. The van der Waals surface area contributed by atoms with Gasteiger partial charge in [-0.15, -0.1) is 11.3 Å². The Morgan fingerprint density at radius 1 is 1.25 bits per heavy atom. The molecule has 3 aromatic rings. The van der Waals surface area contributed by atoms with E-state index in [-0.39, 0.29) is 21.4 Å². The van der Waals surface area contributed by atoms with Gasteiger partial charge in [0, 0.05) is 17.1 Å². The SMILES string of the molecule is O=C(O)c1c(-c2ccc(Cl)c(Cl)c2Cl)nc2sccn12. The first-order valence-corrected chi connectivity index (χ1v) is 7.34. The first kappa shape index (κ1) is 13.7. The van der Waals surface area contributed by atoms with Crippen LogP contribution in [0.3, 0.4) is 0 Å². The number of fused-ring (bicyclic) bond motifs is 1. The summed E-state index contributed by atoms with van der Waals surface area (Å²) >= 11 is 19.4. The second-order valence-electron chi connectivity index (χ2n) is 3.89. The molecule has 0 saturated heterocycles. The molecule has 8 heteroatoms. The number of carbonyl (C=O) groups is 1. The van der Waals surface area contributed by atoms with Gasteiger partial charge in [0.1, 0.15) is 5.69 Å². The van der Waals surface area contributed by atoms with Crippen molar-refractivity contribution < 1.29 is 9.90 Å². The summed E-state index contributed by atoms with van der Waals surface area (Å²) < 4.78 is 1.50. The lowest BCUT2D eigenvalue weighted by molar-refractivity contribution is 0.0690. The van der Waals surface area contributed by atoms with E-state index in [1.165, 1.54) is 15.7 Å². The standard InChI is InChI=1S/C12H5Cl3N2O2S/c13-6-2-1-5(7(14)8(6)15)9-10(11(18)19)17-3-4-20-12(17)16-9/h1-4H,(H,18,19). The van der Waals surface area contributed by atoms with Gasteiger partial charge in [-0.1, -0.05) is 34.8 Å². The van der Waals surface area contributed by atoms with E-state index in [0.29, 0.717) is 15.5 Å². The van der Waals surface area contributed by atoms with E-state index in [4.69, 9.17) is 34.8 Å². The molecule has 1 N–H and O–H groups in total. The smallest absolute Gasteiger partial charge is 0.355 e. The van der Waals surface area contributed by atoms with Gasteiger partial charge in [-0.25, -0.2) is 9.78 Å². The number of aromatic carboxylic acids is 1. The summed E-state index contributed by atoms with van der Waals surface area (Å²) in [6.45, 7) is 0. The molecule has 0 amide bonds. The molecule has 0 bridgehead atoms. The molecule has 0 saturated carbocycles. The van der Waals surface area contributed by atoms with E-state index in [2.05, 4.69) is 4.98 Å². The van der Waals surface area contributed by atoms with Crippen LogP contribution in [-0.4, -0.2) is 20.5 Å². The monoisotopic (exact) mass is 346 g/mol. The van der Waals surface area contributed by atoms with Crippen LogP contribution in [0, 0.1) is 0 Å². The number of halogens is 3. The van der Waals surface area contributed by atoms with Crippen molar-refractivity contribution in [3.63, 3.8) is 0 Å². The fourth-order valence-corrected chi connectivity index (χ4v) is 3.23. The summed E-state index contributed by atoms with van der Waals surface area (Å²) in [5, 5.41) is 11.8. The second-order valence-corrected chi connectivity index (χ2v) is 5.93. The Hall–Kier alpha value is -1.27. The van der Waals surface area contributed by atoms with Crippen molar-refractivity contribution >= 4 is 57.1 Å². The Kier molecular flexibility index (Phi) is 3.38. The highest BCUT2D eigenvalue weighted by Gasteiger charge is 2.23. The Balaban J connectivity index is 2.35. The van der Waals surface area contributed by atoms with Gasteiger partial charge in [0.2, 0.25) is 0 Å². The summed E-state index contributed by atoms with van der Waals surface area (Å²) in [6.07, 6.45) is 1.64. The topological polar surface area (TPSA) is 54.6 Å². The minimum absolute atomic E-state index is 0.0431. The Labute approximate surface area is 132 Å². The number of imidazole rings is 1. The van der Waals surface area contributed by atoms with Crippen molar-refractivity contribution in [2.24, 2.45) is 0 Å². The maximum absolute atomic E-state index is 11.5. The Morgan fingerprint density at radius 3 is 2.70 bits per heavy atom. The summed E-state index contributed by atoms with van der Waals surface area (Å²) in [5.74, 6) is -1.09. The van der Waals surface area contributed by atoms with Gasteiger partial charge in [-0.2, -0.15) is 0 Å². The van der Waals surface area contributed by atoms with E-state index in [0.717, 1.165) is 0 Å². The molecule has 0 spiro atoms. The lowest BCUT2D eigenvalue weighted by Crippen LogP contribution is -2.02. The van der Waals surface area contributed by atoms with Crippen LogP contribution < -0.4 is 0 Å². The fourth-order valence-electron chi connectivity index (χ4n) is 1.89. The number of aromatic nitrogens is 2. The number of nitrogens with zero attached hydrogens (tertiary/aromatic N) is 2. The minimum Gasteiger partial charge on any atom is -0.476 e. The molecule has 3 rings (SSSR count). The van der Waals surface area contributed by atoms with Crippen LogP contribution in [0.5, 0.6) is 0 Å². The first-order chi connectivity index (χ1) is 9.50. The molecule has 0 unspecified atom stereocenters.